The normalized spacial score (nSPS) is 23.7. The van der Waals surface area contributed by atoms with E-state index in [1.54, 1.807) is 0 Å². The minimum atomic E-state index is -4.52. The quantitative estimate of drug-likeness (QED) is 0.627. The lowest BCUT2D eigenvalue weighted by Gasteiger charge is -2.15. The minimum Gasteiger partial charge on any atom is -0.352 e. The molecule has 2 rings (SSSR count). The van der Waals surface area contributed by atoms with Crippen molar-refractivity contribution in [3.63, 3.8) is 0 Å². The lowest BCUT2D eigenvalue weighted by atomic mass is 10.2. The number of hydrogen-bond acceptors (Lipinski definition) is 5. The Bertz CT molecular complexity index is 603. The van der Waals surface area contributed by atoms with Gasteiger partial charge in [0.2, 0.25) is 0 Å². The van der Waals surface area contributed by atoms with Crippen LogP contribution in [0.15, 0.2) is 21.9 Å². The largest absolute Gasteiger partial charge is 0.469 e. The fourth-order valence-electron chi connectivity index (χ4n) is 1.85. The maximum atomic E-state index is 11.5. The first-order valence-electron chi connectivity index (χ1n) is 5.52. The molecule has 106 valence electrons. The third-order valence-electron chi connectivity index (χ3n) is 2.68. The van der Waals surface area contributed by atoms with Gasteiger partial charge in [-0.2, -0.15) is 0 Å². The van der Waals surface area contributed by atoms with Crippen molar-refractivity contribution >= 4 is 7.82 Å². The van der Waals surface area contributed by atoms with Crippen molar-refractivity contribution in [2.75, 3.05) is 6.61 Å². The van der Waals surface area contributed by atoms with Crippen LogP contribution in [0.1, 0.15) is 19.1 Å². The Hall–Kier alpha value is -1.25. The zero-order valence-electron chi connectivity index (χ0n) is 9.76. The van der Waals surface area contributed by atoms with E-state index >= 15 is 0 Å². The van der Waals surface area contributed by atoms with Crippen molar-refractivity contribution in [2.24, 2.45) is 0 Å². The van der Waals surface area contributed by atoms with Crippen molar-refractivity contribution in [3.05, 3.63) is 33.1 Å². The van der Waals surface area contributed by atoms with Crippen molar-refractivity contribution < 1.29 is 23.6 Å². The highest BCUT2D eigenvalue weighted by atomic mass is 31.2. The van der Waals surface area contributed by atoms with E-state index in [1.165, 1.54) is 16.8 Å². The lowest BCUT2D eigenvalue weighted by Crippen LogP contribution is -2.31. The molecule has 0 saturated carbocycles. The zero-order chi connectivity index (χ0) is 14.0. The molecular weight excluding hydrogens is 279 g/mol. The second-order valence-corrected chi connectivity index (χ2v) is 5.33. The maximum Gasteiger partial charge on any atom is 0.469 e. The monoisotopic (exact) mass is 292 g/mol. The average Bonchev–Trinajstić information content (AvgIpc) is 2.74. The summed E-state index contributed by atoms with van der Waals surface area (Å²) in [6, 6.07) is 1.20. The number of nitrogens with one attached hydrogen (secondary N) is 1. The molecule has 19 heavy (non-hydrogen) atoms. The van der Waals surface area contributed by atoms with E-state index in [-0.39, 0.29) is 6.61 Å². The summed E-state index contributed by atoms with van der Waals surface area (Å²) in [7, 11) is -4.52. The Kier molecular flexibility index (Phi) is 4.02. The van der Waals surface area contributed by atoms with Crippen LogP contribution in [0, 0.1) is 0 Å². The number of ether oxygens (including phenoxy) is 1. The standard InChI is InChI=1S/C9H13N2O7P/c12-7-3-4-11(9(13)10-7)8-2-1-6(18-8)5-17-19(14,15)16/h3-4,6,8H,1-2,5H2,(H,10,12,13)(H2,14,15,16). The Balaban J connectivity index is 2.00. The fourth-order valence-corrected chi connectivity index (χ4v) is 2.21. The molecule has 1 fully saturated rings. The van der Waals surface area contributed by atoms with Crippen LogP contribution in [0.2, 0.25) is 0 Å². The molecule has 1 saturated heterocycles. The summed E-state index contributed by atoms with van der Waals surface area (Å²) in [4.78, 5) is 41.7. The SMILES string of the molecule is O=c1ccn(C2CCC(COP(=O)(O)O)O2)c(=O)[nH]1. The van der Waals surface area contributed by atoms with Gasteiger partial charge in [0.05, 0.1) is 12.7 Å². The molecule has 0 amide bonds. The van der Waals surface area contributed by atoms with Crippen LogP contribution in [0.4, 0.5) is 0 Å². The molecule has 2 atom stereocenters. The van der Waals surface area contributed by atoms with E-state index < -0.39 is 31.4 Å². The van der Waals surface area contributed by atoms with E-state index in [9.17, 15) is 14.2 Å². The zero-order valence-corrected chi connectivity index (χ0v) is 10.7. The molecule has 1 aliphatic rings. The van der Waals surface area contributed by atoms with Crippen LogP contribution in [-0.4, -0.2) is 32.0 Å². The summed E-state index contributed by atoms with van der Waals surface area (Å²) in [5, 5.41) is 0. The van der Waals surface area contributed by atoms with Crippen molar-refractivity contribution in [2.45, 2.75) is 25.2 Å². The Morgan fingerprint density at radius 3 is 2.84 bits per heavy atom. The van der Waals surface area contributed by atoms with Crippen LogP contribution in [0.5, 0.6) is 0 Å². The van der Waals surface area contributed by atoms with Crippen molar-refractivity contribution in [1.82, 2.24) is 9.55 Å². The second kappa shape index (κ2) is 5.40. The molecule has 1 aromatic rings. The summed E-state index contributed by atoms with van der Waals surface area (Å²) in [6.07, 6.45) is 1.22. The molecule has 1 aliphatic heterocycles. The number of aromatic amines is 1. The van der Waals surface area contributed by atoms with Gasteiger partial charge in [0, 0.05) is 12.3 Å². The van der Waals surface area contributed by atoms with Gasteiger partial charge >= 0.3 is 13.5 Å². The molecule has 0 spiro atoms. The van der Waals surface area contributed by atoms with Gasteiger partial charge in [-0.05, 0) is 12.8 Å². The Morgan fingerprint density at radius 2 is 2.21 bits per heavy atom. The molecule has 0 radical (unpaired) electrons. The van der Waals surface area contributed by atoms with Gasteiger partial charge in [0.25, 0.3) is 5.56 Å². The van der Waals surface area contributed by atoms with E-state index in [4.69, 9.17) is 14.5 Å². The summed E-state index contributed by atoms with van der Waals surface area (Å²) in [5.74, 6) is 0. The van der Waals surface area contributed by atoms with Gasteiger partial charge in [-0.25, -0.2) is 9.36 Å². The second-order valence-electron chi connectivity index (χ2n) is 4.09. The summed E-state index contributed by atoms with van der Waals surface area (Å²) >= 11 is 0. The third-order valence-corrected chi connectivity index (χ3v) is 3.16. The smallest absolute Gasteiger partial charge is 0.352 e. The topological polar surface area (TPSA) is 131 Å². The predicted octanol–water partition coefficient (Wildman–Crippen LogP) is -0.677. The van der Waals surface area contributed by atoms with E-state index in [1.807, 2.05) is 0 Å². The van der Waals surface area contributed by atoms with Crippen molar-refractivity contribution in [1.29, 1.82) is 0 Å². The minimum absolute atomic E-state index is 0.251. The first-order chi connectivity index (χ1) is 8.85. The highest BCUT2D eigenvalue weighted by Crippen LogP contribution is 2.37. The first-order valence-corrected chi connectivity index (χ1v) is 7.05. The fraction of sp³-hybridized carbons (Fsp3) is 0.556. The lowest BCUT2D eigenvalue weighted by molar-refractivity contribution is -0.0243. The van der Waals surface area contributed by atoms with Crippen LogP contribution in [-0.2, 0) is 13.8 Å². The molecule has 0 bridgehead atoms. The number of aromatic nitrogens is 2. The Labute approximate surface area is 107 Å². The molecule has 0 aromatic carbocycles. The van der Waals surface area contributed by atoms with Crippen LogP contribution in [0.3, 0.4) is 0 Å². The predicted molar refractivity (Wildman–Crippen MR) is 62.5 cm³/mol. The molecule has 2 unspecified atom stereocenters. The summed E-state index contributed by atoms with van der Waals surface area (Å²) in [6.45, 7) is -0.251. The van der Waals surface area contributed by atoms with Gasteiger partial charge in [0.1, 0.15) is 6.23 Å². The molecule has 1 aromatic heterocycles. The van der Waals surface area contributed by atoms with Gasteiger partial charge in [0.15, 0.2) is 0 Å². The van der Waals surface area contributed by atoms with E-state index in [2.05, 4.69) is 9.51 Å². The molecule has 3 N–H and O–H groups in total. The number of phosphoric acid groups is 1. The van der Waals surface area contributed by atoms with Gasteiger partial charge in [-0.3, -0.25) is 18.9 Å². The van der Waals surface area contributed by atoms with Gasteiger partial charge in [-0.1, -0.05) is 0 Å². The maximum absolute atomic E-state index is 11.5. The number of rotatable bonds is 4. The molecular formula is C9H13N2O7P. The number of hydrogen-bond donors (Lipinski definition) is 3. The molecule has 2 heterocycles. The van der Waals surface area contributed by atoms with Gasteiger partial charge < -0.3 is 14.5 Å². The van der Waals surface area contributed by atoms with E-state index in [0.29, 0.717) is 12.8 Å². The molecule has 10 heteroatoms. The van der Waals surface area contributed by atoms with Crippen LogP contribution in [0.25, 0.3) is 0 Å². The third kappa shape index (κ3) is 3.85. The van der Waals surface area contributed by atoms with Crippen LogP contribution < -0.4 is 11.2 Å². The number of phosphoric ester groups is 1. The van der Waals surface area contributed by atoms with Crippen molar-refractivity contribution in [3.8, 4) is 0 Å². The van der Waals surface area contributed by atoms with Crippen LogP contribution >= 0.6 is 7.82 Å². The number of H-pyrrole nitrogens is 1. The molecule has 0 aliphatic carbocycles. The first kappa shape index (κ1) is 14.2. The Morgan fingerprint density at radius 1 is 1.47 bits per heavy atom. The highest BCUT2D eigenvalue weighted by molar-refractivity contribution is 7.46. The molecule has 9 nitrogen and oxygen atoms in total. The van der Waals surface area contributed by atoms with Gasteiger partial charge in [-0.15, -0.1) is 0 Å². The average molecular weight is 292 g/mol. The highest BCUT2D eigenvalue weighted by Gasteiger charge is 2.29. The number of nitrogens with zero attached hydrogens (tertiary/aromatic N) is 1. The van der Waals surface area contributed by atoms with E-state index in [0.717, 1.165) is 0 Å². The summed E-state index contributed by atoms with van der Waals surface area (Å²) in [5.41, 5.74) is -1.09. The summed E-state index contributed by atoms with van der Waals surface area (Å²) < 4.78 is 21.6.